The molecule has 8 nitrogen and oxygen atoms in total. The molecule has 0 aliphatic heterocycles. The predicted molar refractivity (Wildman–Crippen MR) is 135 cm³/mol. The largest absolute Gasteiger partial charge is 0.333 e. The van der Waals surface area contributed by atoms with E-state index in [2.05, 4.69) is 30.6 Å². The molecule has 0 radical (unpaired) electrons. The molecule has 0 saturated heterocycles. The Hall–Kier alpha value is -4.85. The fourth-order valence-electron chi connectivity index (χ4n) is 3.60. The Kier molecular flexibility index (Phi) is 6.25. The van der Waals surface area contributed by atoms with E-state index in [0.29, 0.717) is 23.7 Å². The first kappa shape index (κ1) is 22.0. The highest BCUT2D eigenvalue weighted by Gasteiger charge is 2.10. The van der Waals surface area contributed by atoms with Gasteiger partial charge in [0.2, 0.25) is 5.95 Å². The molecule has 5 rings (SSSR count). The van der Waals surface area contributed by atoms with Crippen LogP contribution in [0.5, 0.6) is 0 Å². The number of pyridine rings is 1. The fourth-order valence-corrected chi connectivity index (χ4v) is 3.60. The Balaban J connectivity index is 1.28. The van der Waals surface area contributed by atoms with Crippen molar-refractivity contribution >= 4 is 23.2 Å². The molecule has 5 aromatic rings. The summed E-state index contributed by atoms with van der Waals surface area (Å²) in [5.74, 6) is 0.287. The Morgan fingerprint density at radius 3 is 2.63 bits per heavy atom. The summed E-state index contributed by atoms with van der Waals surface area (Å²) < 4.78 is 1.98. The Labute approximate surface area is 202 Å². The van der Waals surface area contributed by atoms with Crippen molar-refractivity contribution in [3.8, 4) is 11.3 Å². The molecule has 0 fully saturated rings. The first-order valence-corrected chi connectivity index (χ1v) is 11.1. The first-order chi connectivity index (χ1) is 17.1. The van der Waals surface area contributed by atoms with E-state index in [1.165, 1.54) is 0 Å². The SMILES string of the molecule is Cc1ccc(NC(=O)c2ccc(Cn3ccnc3)cc2)cc1Nc1nccc(-c2cccnc2)n1. The first-order valence-electron chi connectivity index (χ1n) is 11.1. The van der Waals surface area contributed by atoms with Crippen LogP contribution < -0.4 is 10.6 Å². The highest BCUT2D eigenvalue weighted by molar-refractivity contribution is 6.04. The molecule has 0 unspecified atom stereocenters. The molecule has 0 spiro atoms. The lowest BCUT2D eigenvalue weighted by Crippen LogP contribution is -2.12. The van der Waals surface area contributed by atoms with Gasteiger partial charge in [-0.25, -0.2) is 15.0 Å². The lowest BCUT2D eigenvalue weighted by molar-refractivity contribution is 0.102. The van der Waals surface area contributed by atoms with E-state index in [1.807, 2.05) is 78.4 Å². The van der Waals surface area contributed by atoms with Crippen molar-refractivity contribution in [2.24, 2.45) is 0 Å². The minimum Gasteiger partial charge on any atom is -0.333 e. The van der Waals surface area contributed by atoms with Gasteiger partial charge in [-0.2, -0.15) is 0 Å². The number of carbonyl (C=O) groups excluding carboxylic acids is 1. The monoisotopic (exact) mass is 461 g/mol. The van der Waals surface area contributed by atoms with Crippen LogP contribution in [0.15, 0.2) is 98.0 Å². The molecule has 0 aliphatic rings. The number of benzene rings is 2. The lowest BCUT2D eigenvalue weighted by Gasteiger charge is -2.12. The third-order valence-corrected chi connectivity index (χ3v) is 5.50. The summed E-state index contributed by atoms with van der Waals surface area (Å²) in [6.07, 6.45) is 10.6. The van der Waals surface area contributed by atoms with Gasteiger partial charge < -0.3 is 15.2 Å². The standard InChI is InChI=1S/C27H23N7O/c1-19-4-9-23(31-26(35)21-7-5-20(6-8-21)17-34-14-13-29-18-34)15-25(19)33-27-30-12-10-24(32-27)22-3-2-11-28-16-22/h2-16,18H,17H2,1H3,(H,31,35)(H,30,32,33). The van der Waals surface area contributed by atoms with Crippen LogP contribution in [-0.2, 0) is 6.54 Å². The van der Waals surface area contributed by atoms with E-state index in [-0.39, 0.29) is 5.91 Å². The number of hydrogen-bond donors (Lipinski definition) is 2. The van der Waals surface area contributed by atoms with Gasteiger partial charge in [0, 0.05) is 60.0 Å². The molecule has 0 aliphatic carbocycles. The number of aromatic nitrogens is 5. The Bertz CT molecular complexity index is 1430. The average Bonchev–Trinajstić information content (AvgIpc) is 3.40. The van der Waals surface area contributed by atoms with Gasteiger partial charge in [0.25, 0.3) is 5.91 Å². The molecular formula is C27H23N7O. The van der Waals surface area contributed by atoms with Crippen molar-refractivity contribution in [2.45, 2.75) is 13.5 Å². The topological polar surface area (TPSA) is 97.6 Å². The lowest BCUT2D eigenvalue weighted by atomic mass is 10.1. The van der Waals surface area contributed by atoms with E-state index in [1.54, 1.807) is 31.1 Å². The molecular weight excluding hydrogens is 438 g/mol. The van der Waals surface area contributed by atoms with Crippen molar-refractivity contribution in [1.82, 2.24) is 24.5 Å². The number of hydrogen-bond acceptors (Lipinski definition) is 6. The summed E-state index contributed by atoms with van der Waals surface area (Å²) in [4.78, 5) is 30.0. The predicted octanol–water partition coefficient (Wildman–Crippen LogP) is 5.09. The van der Waals surface area contributed by atoms with E-state index in [0.717, 1.165) is 28.1 Å². The number of aryl methyl sites for hydroxylation is 1. The van der Waals surface area contributed by atoms with Crippen molar-refractivity contribution in [3.63, 3.8) is 0 Å². The van der Waals surface area contributed by atoms with Crippen LogP contribution in [0.1, 0.15) is 21.5 Å². The van der Waals surface area contributed by atoms with Gasteiger partial charge >= 0.3 is 0 Å². The number of anilines is 3. The average molecular weight is 462 g/mol. The second kappa shape index (κ2) is 9.96. The highest BCUT2D eigenvalue weighted by atomic mass is 16.1. The smallest absolute Gasteiger partial charge is 0.255 e. The normalized spacial score (nSPS) is 10.7. The maximum Gasteiger partial charge on any atom is 0.255 e. The number of amides is 1. The van der Waals surface area contributed by atoms with E-state index in [4.69, 9.17) is 0 Å². The summed E-state index contributed by atoms with van der Waals surface area (Å²) in [6, 6.07) is 18.9. The van der Waals surface area contributed by atoms with Crippen LogP contribution >= 0.6 is 0 Å². The van der Waals surface area contributed by atoms with Crippen molar-refractivity contribution in [2.75, 3.05) is 10.6 Å². The zero-order chi connectivity index (χ0) is 24.0. The molecule has 0 saturated carbocycles. The Morgan fingerprint density at radius 1 is 0.971 bits per heavy atom. The second-order valence-corrected chi connectivity index (χ2v) is 8.05. The van der Waals surface area contributed by atoms with Gasteiger partial charge in [-0.15, -0.1) is 0 Å². The van der Waals surface area contributed by atoms with Crippen molar-refractivity contribution < 1.29 is 4.79 Å². The van der Waals surface area contributed by atoms with Crippen molar-refractivity contribution in [3.05, 3.63) is 115 Å². The Morgan fingerprint density at radius 2 is 1.86 bits per heavy atom. The van der Waals surface area contributed by atoms with Gasteiger partial charge in [-0.05, 0) is 60.5 Å². The molecule has 172 valence electrons. The van der Waals surface area contributed by atoms with Crippen LogP contribution in [0.4, 0.5) is 17.3 Å². The van der Waals surface area contributed by atoms with Crippen LogP contribution in [0.25, 0.3) is 11.3 Å². The number of imidazole rings is 1. The number of carbonyl (C=O) groups is 1. The van der Waals surface area contributed by atoms with E-state index >= 15 is 0 Å². The summed E-state index contributed by atoms with van der Waals surface area (Å²) in [5.41, 5.74) is 5.84. The summed E-state index contributed by atoms with van der Waals surface area (Å²) in [5, 5.41) is 6.23. The molecule has 3 aromatic heterocycles. The van der Waals surface area contributed by atoms with Crippen molar-refractivity contribution in [1.29, 1.82) is 0 Å². The minimum atomic E-state index is -0.177. The summed E-state index contributed by atoms with van der Waals surface area (Å²) in [6.45, 7) is 2.69. The molecule has 0 atom stereocenters. The number of nitrogens with one attached hydrogen (secondary N) is 2. The maximum absolute atomic E-state index is 12.8. The molecule has 2 N–H and O–H groups in total. The molecule has 0 bridgehead atoms. The van der Waals surface area contributed by atoms with Gasteiger partial charge in [-0.1, -0.05) is 18.2 Å². The molecule has 3 heterocycles. The van der Waals surface area contributed by atoms with Crippen LogP contribution in [0.3, 0.4) is 0 Å². The van der Waals surface area contributed by atoms with Gasteiger partial charge in [0.05, 0.1) is 12.0 Å². The highest BCUT2D eigenvalue weighted by Crippen LogP contribution is 2.24. The zero-order valence-corrected chi connectivity index (χ0v) is 19.1. The molecule has 8 heteroatoms. The number of nitrogens with zero attached hydrogens (tertiary/aromatic N) is 5. The zero-order valence-electron chi connectivity index (χ0n) is 19.1. The van der Waals surface area contributed by atoms with Crippen LogP contribution in [0.2, 0.25) is 0 Å². The van der Waals surface area contributed by atoms with E-state index < -0.39 is 0 Å². The third-order valence-electron chi connectivity index (χ3n) is 5.50. The summed E-state index contributed by atoms with van der Waals surface area (Å²) >= 11 is 0. The quantitative estimate of drug-likeness (QED) is 0.350. The third kappa shape index (κ3) is 5.39. The molecule has 35 heavy (non-hydrogen) atoms. The van der Waals surface area contributed by atoms with Gasteiger partial charge in [-0.3, -0.25) is 9.78 Å². The van der Waals surface area contributed by atoms with E-state index in [9.17, 15) is 4.79 Å². The molecule has 1 amide bonds. The fraction of sp³-hybridized carbons (Fsp3) is 0.0741. The number of rotatable bonds is 7. The van der Waals surface area contributed by atoms with Gasteiger partial charge in [0.15, 0.2) is 0 Å². The summed E-state index contributed by atoms with van der Waals surface area (Å²) in [7, 11) is 0. The van der Waals surface area contributed by atoms with Crippen LogP contribution in [0, 0.1) is 6.92 Å². The van der Waals surface area contributed by atoms with Gasteiger partial charge in [0.1, 0.15) is 0 Å². The maximum atomic E-state index is 12.8. The second-order valence-electron chi connectivity index (χ2n) is 8.05. The van der Waals surface area contributed by atoms with Crippen LogP contribution in [-0.4, -0.2) is 30.4 Å². The molecule has 2 aromatic carbocycles. The minimum absolute atomic E-state index is 0.177.